The van der Waals surface area contributed by atoms with Crippen molar-refractivity contribution in [3.05, 3.63) is 65.7 Å². The van der Waals surface area contributed by atoms with Gasteiger partial charge in [0, 0.05) is 24.7 Å². The molecular weight excluding hydrogens is 450 g/mol. The third-order valence-electron chi connectivity index (χ3n) is 7.40. The third kappa shape index (κ3) is 3.30. The predicted octanol–water partition coefficient (Wildman–Crippen LogP) is 1.48. The molecule has 2 aromatic carbocycles. The van der Waals surface area contributed by atoms with Crippen LogP contribution in [0.15, 0.2) is 54.6 Å². The summed E-state index contributed by atoms with van der Waals surface area (Å²) in [6.07, 6.45) is -0.351. The van der Waals surface area contributed by atoms with Crippen LogP contribution in [0.2, 0.25) is 0 Å². The lowest BCUT2D eigenvalue weighted by Crippen LogP contribution is -2.67. The number of ketones is 1. The van der Waals surface area contributed by atoms with Gasteiger partial charge in [-0.15, -0.1) is 0 Å². The van der Waals surface area contributed by atoms with Crippen LogP contribution in [-0.4, -0.2) is 60.1 Å². The van der Waals surface area contributed by atoms with Crippen LogP contribution in [0.1, 0.15) is 35.3 Å². The molecule has 180 valence electrons. The monoisotopic (exact) mass is 475 g/mol. The van der Waals surface area contributed by atoms with Crippen LogP contribution in [0.4, 0.5) is 5.69 Å². The molecule has 0 aromatic heterocycles. The Bertz CT molecular complexity index is 1230. The molecule has 9 heteroatoms. The van der Waals surface area contributed by atoms with Crippen molar-refractivity contribution in [2.24, 2.45) is 11.8 Å². The molecule has 35 heavy (non-hydrogen) atoms. The van der Waals surface area contributed by atoms with E-state index in [1.54, 1.807) is 24.3 Å². The molecule has 4 atom stereocenters. The number of methoxy groups -OCH3 is 1. The number of esters is 1. The van der Waals surface area contributed by atoms with Crippen molar-refractivity contribution in [1.29, 1.82) is 0 Å². The number of fused-ring (bicyclic) bond motifs is 3. The lowest BCUT2D eigenvalue weighted by atomic mass is 9.76. The number of piperazine rings is 1. The molecular formula is C26H25N3O6. The number of carbonyl (C=O) groups excluding carboxylic acids is 5. The summed E-state index contributed by atoms with van der Waals surface area (Å²) in [7, 11) is 1.23. The number of anilines is 1. The average Bonchev–Trinajstić information content (AvgIpc) is 3.30. The standard InChI is InChI=1S/C26H25N3O6/c1-15(30)16-8-10-18(11-9-16)29-23(32)20-21(24(29)33)26(14-19(31)35-2)25(34)27-12-13-28(26)22(20)17-6-4-3-5-7-17/h3-11,20-22H,12-14H2,1-2H3,(H,27,34)/t20-,21+,22-,26+/m1/s1. The quantitative estimate of drug-likeness (QED) is 0.396. The maximum atomic E-state index is 13.9. The first-order valence-corrected chi connectivity index (χ1v) is 11.5. The van der Waals surface area contributed by atoms with Crippen LogP contribution >= 0.6 is 0 Å². The molecule has 0 radical (unpaired) electrons. The molecule has 0 saturated carbocycles. The smallest absolute Gasteiger partial charge is 0.307 e. The molecule has 5 rings (SSSR count). The van der Waals surface area contributed by atoms with Gasteiger partial charge in [0.1, 0.15) is 5.54 Å². The summed E-state index contributed by atoms with van der Waals surface area (Å²) in [5, 5.41) is 2.81. The number of amides is 3. The summed E-state index contributed by atoms with van der Waals surface area (Å²) in [6.45, 7) is 2.15. The average molecular weight is 476 g/mol. The van der Waals surface area contributed by atoms with Crippen LogP contribution in [0.25, 0.3) is 0 Å². The van der Waals surface area contributed by atoms with Gasteiger partial charge >= 0.3 is 5.97 Å². The lowest BCUT2D eigenvalue weighted by molar-refractivity contribution is -0.154. The van der Waals surface area contributed by atoms with Crippen molar-refractivity contribution < 1.29 is 28.7 Å². The topological polar surface area (TPSA) is 113 Å². The van der Waals surface area contributed by atoms with E-state index in [9.17, 15) is 24.0 Å². The molecule has 3 saturated heterocycles. The van der Waals surface area contributed by atoms with Crippen LogP contribution in [0.5, 0.6) is 0 Å². The van der Waals surface area contributed by atoms with Crippen molar-refractivity contribution in [2.75, 3.05) is 25.1 Å². The van der Waals surface area contributed by atoms with Crippen LogP contribution in [0.3, 0.4) is 0 Å². The Balaban J connectivity index is 1.67. The molecule has 3 aliphatic heterocycles. The van der Waals surface area contributed by atoms with Gasteiger partial charge in [-0.2, -0.15) is 0 Å². The Labute approximate surface area is 202 Å². The van der Waals surface area contributed by atoms with Gasteiger partial charge in [-0.1, -0.05) is 30.3 Å². The van der Waals surface area contributed by atoms with E-state index in [4.69, 9.17) is 4.74 Å². The number of nitrogens with one attached hydrogen (secondary N) is 1. The van der Waals surface area contributed by atoms with Gasteiger partial charge in [0.25, 0.3) is 0 Å². The largest absolute Gasteiger partial charge is 0.469 e. The van der Waals surface area contributed by atoms with Gasteiger partial charge < -0.3 is 10.1 Å². The Morgan fingerprint density at radius 1 is 1.03 bits per heavy atom. The third-order valence-corrected chi connectivity index (χ3v) is 7.40. The zero-order valence-electron chi connectivity index (χ0n) is 19.4. The normalized spacial score (nSPS) is 27.9. The summed E-state index contributed by atoms with van der Waals surface area (Å²) in [5.74, 6) is -4.15. The predicted molar refractivity (Wildman–Crippen MR) is 124 cm³/mol. The molecule has 3 aliphatic rings. The highest BCUT2D eigenvalue weighted by molar-refractivity contribution is 6.24. The molecule has 0 unspecified atom stereocenters. The van der Waals surface area contributed by atoms with Crippen molar-refractivity contribution in [1.82, 2.24) is 10.2 Å². The molecule has 3 heterocycles. The first-order valence-electron chi connectivity index (χ1n) is 11.5. The summed E-state index contributed by atoms with van der Waals surface area (Å²) >= 11 is 0. The highest BCUT2D eigenvalue weighted by atomic mass is 16.5. The molecule has 3 amide bonds. The molecule has 0 aliphatic carbocycles. The minimum atomic E-state index is -1.56. The van der Waals surface area contributed by atoms with Gasteiger partial charge in [-0.05, 0) is 36.8 Å². The van der Waals surface area contributed by atoms with Crippen molar-refractivity contribution in [3.8, 4) is 0 Å². The van der Waals surface area contributed by atoms with E-state index >= 15 is 0 Å². The van der Waals surface area contributed by atoms with Crippen molar-refractivity contribution in [3.63, 3.8) is 0 Å². The maximum absolute atomic E-state index is 13.9. The molecule has 1 N–H and O–H groups in total. The Morgan fingerprint density at radius 2 is 1.71 bits per heavy atom. The van der Waals surface area contributed by atoms with Crippen LogP contribution in [0, 0.1) is 11.8 Å². The number of hydrogen-bond donors (Lipinski definition) is 1. The van der Waals surface area contributed by atoms with Gasteiger partial charge in [-0.3, -0.25) is 28.9 Å². The summed E-state index contributed by atoms with van der Waals surface area (Å²) in [4.78, 5) is 68.6. The van der Waals surface area contributed by atoms with E-state index in [2.05, 4.69) is 5.32 Å². The zero-order valence-corrected chi connectivity index (χ0v) is 19.4. The van der Waals surface area contributed by atoms with Gasteiger partial charge in [0.2, 0.25) is 17.7 Å². The van der Waals surface area contributed by atoms with E-state index < -0.39 is 47.1 Å². The fraction of sp³-hybridized carbons (Fsp3) is 0.346. The highest BCUT2D eigenvalue weighted by Gasteiger charge is 2.73. The minimum Gasteiger partial charge on any atom is -0.469 e. The van der Waals surface area contributed by atoms with E-state index in [0.29, 0.717) is 24.3 Å². The zero-order chi connectivity index (χ0) is 24.9. The second-order valence-electron chi connectivity index (χ2n) is 9.10. The highest BCUT2D eigenvalue weighted by Crippen LogP contribution is 2.57. The van der Waals surface area contributed by atoms with E-state index in [1.807, 2.05) is 35.2 Å². The number of carbonyl (C=O) groups is 5. The Kier molecular flexibility index (Phi) is 5.52. The number of rotatable bonds is 5. The Hall–Kier alpha value is -3.85. The maximum Gasteiger partial charge on any atom is 0.307 e. The van der Waals surface area contributed by atoms with E-state index in [-0.39, 0.29) is 12.2 Å². The van der Waals surface area contributed by atoms with Crippen LogP contribution < -0.4 is 10.2 Å². The van der Waals surface area contributed by atoms with Crippen molar-refractivity contribution in [2.45, 2.75) is 24.9 Å². The van der Waals surface area contributed by atoms with E-state index in [1.165, 1.54) is 14.0 Å². The SMILES string of the molecule is COC(=O)C[C@]12C(=O)NCCN1[C@H](c1ccccc1)[C@@H]1C(=O)N(c3ccc(C(C)=O)cc3)C(=O)[C@H]12. The number of benzene rings is 2. The molecule has 9 nitrogen and oxygen atoms in total. The number of hydrogen-bond acceptors (Lipinski definition) is 7. The fourth-order valence-electron chi connectivity index (χ4n) is 5.91. The second kappa shape index (κ2) is 8.42. The lowest BCUT2D eigenvalue weighted by Gasteiger charge is -2.45. The summed E-state index contributed by atoms with van der Waals surface area (Å²) < 4.78 is 4.92. The number of Topliss-reactive ketones (excluding diaryl/α,β-unsaturated/α-hetero) is 1. The summed E-state index contributed by atoms with van der Waals surface area (Å²) in [5.41, 5.74) is 0.00779. The number of nitrogens with zero attached hydrogens (tertiary/aromatic N) is 2. The van der Waals surface area contributed by atoms with Gasteiger partial charge in [0.15, 0.2) is 5.78 Å². The van der Waals surface area contributed by atoms with Gasteiger partial charge in [0.05, 0.1) is 31.1 Å². The fourth-order valence-corrected chi connectivity index (χ4v) is 5.91. The molecule has 2 aromatic rings. The van der Waals surface area contributed by atoms with Gasteiger partial charge in [-0.25, -0.2) is 4.90 Å². The van der Waals surface area contributed by atoms with Crippen LogP contribution in [-0.2, 0) is 23.9 Å². The van der Waals surface area contributed by atoms with Crippen molar-refractivity contribution >= 4 is 35.2 Å². The molecule has 3 fully saturated rings. The first-order chi connectivity index (χ1) is 16.8. The molecule has 0 bridgehead atoms. The molecule has 0 spiro atoms. The minimum absolute atomic E-state index is 0.136. The van der Waals surface area contributed by atoms with E-state index in [0.717, 1.165) is 10.5 Å². The number of ether oxygens (including phenoxy) is 1. The summed E-state index contributed by atoms with van der Waals surface area (Å²) in [6, 6.07) is 14.9. The second-order valence-corrected chi connectivity index (χ2v) is 9.10. The first kappa shape index (κ1) is 22.9. The number of imide groups is 1. The Morgan fingerprint density at radius 3 is 2.34 bits per heavy atom.